The van der Waals surface area contributed by atoms with Crippen LogP contribution in [-0.2, 0) is 6.61 Å². The van der Waals surface area contributed by atoms with E-state index in [1.807, 2.05) is 0 Å². The highest BCUT2D eigenvalue weighted by Gasteiger charge is 2.21. The standard InChI is InChI=1S/C11H15NO6/c13-4-3-10(15)11(16)7-1-2-9(12(17)18)8(5-7)6-14/h1-2,5,10-11,13-16H,3-4,6H2. The predicted octanol–water partition coefficient (Wildman–Crippen LogP) is -0.136. The molecule has 1 rings (SSSR count). The van der Waals surface area contributed by atoms with Gasteiger partial charge in [-0.1, -0.05) is 0 Å². The molecule has 2 atom stereocenters. The lowest BCUT2D eigenvalue weighted by molar-refractivity contribution is -0.385. The summed E-state index contributed by atoms with van der Waals surface area (Å²) in [6.45, 7) is -0.814. The van der Waals surface area contributed by atoms with Gasteiger partial charge in [0, 0.05) is 12.7 Å². The number of benzene rings is 1. The predicted molar refractivity (Wildman–Crippen MR) is 61.7 cm³/mol. The molecule has 0 fully saturated rings. The second-order valence-electron chi connectivity index (χ2n) is 3.83. The number of aliphatic hydroxyl groups excluding tert-OH is 4. The molecule has 0 amide bonds. The summed E-state index contributed by atoms with van der Waals surface area (Å²) < 4.78 is 0. The summed E-state index contributed by atoms with van der Waals surface area (Å²) >= 11 is 0. The van der Waals surface area contributed by atoms with Gasteiger partial charge in [-0.2, -0.15) is 0 Å². The highest BCUT2D eigenvalue weighted by molar-refractivity contribution is 5.43. The van der Waals surface area contributed by atoms with Crippen molar-refractivity contribution in [2.45, 2.75) is 25.2 Å². The molecule has 4 N–H and O–H groups in total. The molecule has 0 saturated carbocycles. The minimum Gasteiger partial charge on any atom is -0.396 e. The van der Waals surface area contributed by atoms with E-state index in [9.17, 15) is 20.3 Å². The quantitative estimate of drug-likeness (QED) is 0.415. The van der Waals surface area contributed by atoms with Gasteiger partial charge in [-0.05, 0) is 24.1 Å². The van der Waals surface area contributed by atoms with E-state index < -0.39 is 23.7 Å². The number of hydrogen-bond acceptors (Lipinski definition) is 6. The van der Waals surface area contributed by atoms with Gasteiger partial charge < -0.3 is 20.4 Å². The normalized spacial score (nSPS) is 14.2. The summed E-state index contributed by atoms with van der Waals surface area (Å²) in [6, 6.07) is 3.74. The van der Waals surface area contributed by atoms with Crippen LogP contribution in [0, 0.1) is 10.1 Å². The van der Waals surface area contributed by atoms with Gasteiger partial charge in [0.15, 0.2) is 0 Å². The first-order valence-corrected chi connectivity index (χ1v) is 5.36. The average Bonchev–Trinajstić information content (AvgIpc) is 2.37. The molecule has 0 aliphatic carbocycles. The molecule has 0 aliphatic heterocycles. The molecule has 0 bridgehead atoms. The highest BCUT2D eigenvalue weighted by Crippen LogP contribution is 2.25. The van der Waals surface area contributed by atoms with Crippen molar-refractivity contribution in [3.63, 3.8) is 0 Å². The number of nitrogens with zero attached hydrogens (tertiary/aromatic N) is 1. The Balaban J connectivity index is 3.01. The fourth-order valence-corrected chi connectivity index (χ4v) is 1.61. The largest absolute Gasteiger partial charge is 0.396 e. The number of hydrogen-bond donors (Lipinski definition) is 4. The molecule has 100 valence electrons. The molecule has 0 aromatic heterocycles. The van der Waals surface area contributed by atoms with E-state index in [-0.39, 0.29) is 29.8 Å². The van der Waals surface area contributed by atoms with Crippen molar-refractivity contribution in [2.75, 3.05) is 6.61 Å². The molecule has 0 aliphatic rings. The summed E-state index contributed by atoms with van der Waals surface area (Å²) in [5.41, 5.74) is 0.0726. The SMILES string of the molecule is O=[N+]([O-])c1ccc(C(O)C(O)CCO)cc1CO. The molecule has 1 aromatic rings. The zero-order valence-electron chi connectivity index (χ0n) is 9.56. The molecule has 0 spiro atoms. The zero-order chi connectivity index (χ0) is 13.7. The third-order valence-electron chi connectivity index (χ3n) is 2.60. The number of nitro groups is 1. The Kier molecular flexibility index (Phi) is 5.17. The third-order valence-corrected chi connectivity index (χ3v) is 2.60. The van der Waals surface area contributed by atoms with Crippen molar-refractivity contribution in [1.82, 2.24) is 0 Å². The Morgan fingerprint density at radius 1 is 1.28 bits per heavy atom. The Hall–Kier alpha value is -1.54. The summed E-state index contributed by atoms with van der Waals surface area (Å²) in [5.74, 6) is 0. The van der Waals surface area contributed by atoms with Crippen LogP contribution in [0.25, 0.3) is 0 Å². The first-order valence-electron chi connectivity index (χ1n) is 5.36. The van der Waals surface area contributed by atoms with Crippen LogP contribution >= 0.6 is 0 Å². The highest BCUT2D eigenvalue weighted by atomic mass is 16.6. The lowest BCUT2D eigenvalue weighted by Crippen LogP contribution is -2.19. The zero-order valence-corrected chi connectivity index (χ0v) is 9.56. The fourth-order valence-electron chi connectivity index (χ4n) is 1.61. The lowest BCUT2D eigenvalue weighted by Gasteiger charge is -2.17. The molecule has 2 unspecified atom stereocenters. The Morgan fingerprint density at radius 3 is 2.44 bits per heavy atom. The van der Waals surface area contributed by atoms with Crippen LogP contribution in [0.2, 0.25) is 0 Å². The molecule has 7 nitrogen and oxygen atoms in total. The third kappa shape index (κ3) is 3.23. The van der Waals surface area contributed by atoms with Gasteiger partial charge in [0.2, 0.25) is 0 Å². The van der Waals surface area contributed by atoms with Gasteiger partial charge in [0.25, 0.3) is 5.69 Å². The van der Waals surface area contributed by atoms with Crippen LogP contribution in [0.15, 0.2) is 18.2 Å². The topological polar surface area (TPSA) is 124 Å². The van der Waals surface area contributed by atoms with Gasteiger partial charge >= 0.3 is 0 Å². The molecule has 7 heteroatoms. The average molecular weight is 257 g/mol. The second kappa shape index (κ2) is 6.41. The summed E-state index contributed by atoms with van der Waals surface area (Å²) in [7, 11) is 0. The van der Waals surface area contributed by atoms with Crippen molar-refractivity contribution in [1.29, 1.82) is 0 Å². The van der Waals surface area contributed by atoms with E-state index in [0.29, 0.717) is 0 Å². The molecule has 0 saturated heterocycles. The second-order valence-corrected chi connectivity index (χ2v) is 3.83. The van der Waals surface area contributed by atoms with E-state index >= 15 is 0 Å². The van der Waals surface area contributed by atoms with Gasteiger partial charge in [0.1, 0.15) is 6.10 Å². The van der Waals surface area contributed by atoms with Gasteiger partial charge in [0.05, 0.1) is 23.2 Å². The minimum atomic E-state index is -1.26. The molecule has 0 heterocycles. The van der Waals surface area contributed by atoms with Crippen molar-refractivity contribution < 1.29 is 25.3 Å². The van der Waals surface area contributed by atoms with E-state index in [0.717, 1.165) is 6.07 Å². The van der Waals surface area contributed by atoms with Crippen LogP contribution in [0.3, 0.4) is 0 Å². The van der Waals surface area contributed by atoms with E-state index in [4.69, 9.17) is 10.2 Å². The van der Waals surface area contributed by atoms with Gasteiger partial charge in [-0.15, -0.1) is 0 Å². The monoisotopic (exact) mass is 257 g/mol. The maximum atomic E-state index is 10.6. The van der Waals surface area contributed by atoms with E-state index in [1.165, 1.54) is 12.1 Å². The molecular weight excluding hydrogens is 242 g/mol. The number of nitro benzene ring substituents is 1. The van der Waals surface area contributed by atoms with Gasteiger partial charge in [-0.3, -0.25) is 10.1 Å². The maximum absolute atomic E-state index is 10.6. The van der Waals surface area contributed by atoms with E-state index in [2.05, 4.69) is 0 Å². The molecule has 1 aromatic carbocycles. The first-order chi connectivity index (χ1) is 8.51. The molecular formula is C11H15NO6. The fraction of sp³-hybridized carbons (Fsp3) is 0.455. The van der Waals surface area contributed by atoms with Crippen molar-refractivity contribution >= 4 is 5.69 Å². The maximum Gasteiger partial charge on any atom is 0.274 e. The van der Waals surface area contributed by atoms with Crippen LogP contribution in [0.4, 0.5) is 5.69 Å². The first kappa shape index (κ1) is 14.5. The molecule has 0 radical (unpaired) electrons. The van der Waals surface area contributed by atoms with Gasteiger partial charge in [-0.25, -0.2) is 0 Å². The van der Waals surface area contributed by atoms with Crippen LogP contribution in [0.5, 0.6) is 0 Å². The summed E-state index contributed by atoms with van der Waals surface area (Å²) in [6.07, 6.45) is -2.43. The van der Waals surface area contributed by atoms with Crippen LogP contribution in [-0.4, -0.2) is 38.1 Å². The smallest absolute Gasteiger partial charge is 0.274 e. The van der Waals surface area contributed by atoms with Crippen LogP contribution in [0.1, 0.15) is 23.7 Å². The van der Waals surface area contributed by atoms with Crippen LogP contribution < -0.4 is 0 Å². The number of aliphatic hydroxyl groups is 4. The lowest BCUT2D eigenvalue weighted by atomic mass is 9.99. The Labute approximate surface area is 103 Å². The number of rotatable bonds is 6. The van der Waals surface area contributed by atoms with Crippen molar-refractivity contribution in [3.05, 3.63) is 39.4 Å². The minimum absolute atomic E-state index is 0.00733. The Bertz CT molecular complexity index is 422. The summed E-state index contributed by atoms with van der Waals surface area (Å²) in [5, 5.41) is 47.6. The summed E-state index contributed by atoms with van der Waals surface area (Å²) in [4.78, 5) is 10.0. The van der Waals surface area contributed by atoms with Crippen molar-refractivity contribution in [2.24, 2.45) is 0 Å². The van der Waals surface area contributed by atoms with Crippen molar-refractivity contribution in [3.8, 4) is 0 Å². The van der Waals surface area contributed by atoms with E-state index in [1.54, 1.807) is 0 Å². The Morgan fingerprint density at radius 2 is 1.94 bits per heavy atom. The molecule has 18 heavy (non-hydrogen) atoms.